The van der Waals surface area contributed by atoms with Crippen molar-refractivity contribution in [2.45, 2.75) is 64.0 Å². The second-order valence-corrected chi connectivity index (χ2v) is 10.9. The van der Waals surface area contributed by atoms with E-state index >= 15 is 0 Å². The molecule has 3 aliphatic rings. The number of rotatable bonds is 6. The van der Waals surface area contributed by atoms with Gasteiger partial charge in [0, 0.05) is 22.0 Å². The van der Waals surface area contributed by atoms with E-state index in [0.29, 0.717) is 5.69 Å². The molecule has 3 fully saturated rings. The third-order valence-electron chi connectivity index (χ3n) is 6.89. The van der Waals surface area contributed by atoms with Crippen LogP contribution in [0.25, 0.3) is 0 Å². The minimum absolute atomic E-state index is 0.00887. The topological polar surface area (TPSA) is 80.3 Å². The molecule has 0 radical (unpaired) electrons. The van der Waals surface area contributed by atoms with Crippen LogP contribution in [0, 0.1) is 25.6 Å². The fourth-order valence-corrected chi connectivity index (χ4v) is 6.08. The number of nitrogens with one attached hydrogen (secondary N) is 2. The maximum atomic E-state index is 13.6. The molecule has 32 heavy (non-hydrogen) atoms. The van der Waals surface area contributed by atoms with Gasteiger partial charge in [-0.2, -0.15) is 0 Å². The van der Waals surface area contributed by atoms with Crippen molar-refractivity contribution in [3.8, 4) is 5.75 Å². The van der Waals surface area contributed by atoms with E-state index < -0.39 is 5.82 Å². The number of hydrogen-bond acceptors (Lipinski definition) is 5. The molecule has 0 aliphatic heterocycles. The average Bonchev–Trinajstić information content (AvgIpc) is 3.08. The first kappa shape index (κ1) is 23.0. The van der Waals surface area contributed by atoms with Gasteiger partial charge in [0.1, 0.15) is 17.3 Å². The summed E-state index contributed by atoms with van der Waals surface area (Å²) in [7, 11) is 0. The number of nitrogens with zero attached hydrogens (tertiary/aromatic N) is 1. The molecule has 6 nitrogen and oxygen atoms in total. The van der Waals surface area contributed by atoms with Crippen molar-refractivity contribution in [3.63, 3.8) is 0 Å². The SMILES string of the molecule is Cc1nc(C(=O)NC23CCC(NC(=O)COc4ccc(Cl)c(F)c4)(CC2)[C@H](C)C3)c(C)s1. The van der Waals surface area contributed by atoms with Crippen molar-refractivity contribution in [1.82, 2.24) is 15.6 Å². The fraction of sp³-hybridized carbons (Fsp3) is 0.522. The molecule has 1 aromatic heterocycles. The lowest BCUT2D eigenvalue weighted by Gasteiger charge is -2.57. The van der Waals surface area contributed by atoms with Gasteiger partial charge in [-0.15, -0.1) is 11.3 Å². The van der Waals surface area contributed by atoms with Crippen molar-refractivity contribution in [2.75, 3.05) is 6.61 Å². The number of aromatic nitrogens is 1. The first-order chi connectivity index (χ1) is 15.1. The molecule has 3 aliphatic carbocycles. The molecule has 0 spiro atoms. The predicted molar refractivity (Wildman–Crippen MR) is 122 cm³/mol. The highest BCUT2D eigenvalue weighted by Crippen LogP contribution is 2.50. The van der Waals surface area contributed by atoms with Crippen molar-refractivity contribution in [1.29, 1.82) is 0 Å². The van der Waals surface area contributed by atoms with E-state index in [-0.39, 0.29) is 46.2 Å². The molecule has 3 saturated carbocycles. The van der Waals surface area contributed by atoms with Gasteiger partial charge in [0.15, 0.2) is 6.61 Å². The molecule has 1 heterocycles. The average molecular weight is 480 g/mol. The van der Waals surface area contributed by atoms with Gasteiger partial charge >= 0.3 is 0 Å². The first-order valence-electron chi connectivity index (χ1n) is 10.8. The van der Waals surface area contributed by atoms with Crippen LogP contribution in [-0.4, -0.2) is 34.5 Å². The van der Waals surface area contributed by atoms with Crippen LogP contribution in [0.4, 0.5) is 4.39 Å². The zero-order valence-corrected chi connectivity index (χ0v) is 20.0. The van der Waals surface area contributed by atoms with Crippen molar-refractivity contribution < 1.29 is 18.7 Å². The molecule has 0 saturated heterocycles. The largest absolute Gasteiger partial charge is 0.484 e. The summed E-state index contributed by atoms with van der Waals surface area (Å²) >= 11 is 7.21. The lowest BCUT2D eigenvalue weighted by atomic mass is 9.56. The monoisotopic (exact) mass is 479 g/mol. The summed E-state index contributed by atoms with van der Waals surface area (Å²) in [5, 5.41) is 7.34. The van der Waals surface area contributed by atoms with Crippen LogP contribution in [0.3, 0.4) is 0 Å². The number of carbonyl (C=O) groups excluding carboxylic acids is 2. The molecule has 2 aromatic rings. The van der Waals surface area contributed by atoms with Gasteiger partial charge in [-0.25, -0.2) is 9.37 Å². The summed E-state index contributed by atoms with van der Waals surface area (Å²) < 4.78 is 19.0. The third-order valence-corrected chi connectivity index (χ3v) is 8.08. The molecule has 2 bridgehead atoms. The smallest absolute Gasteiger partial charge is 0.271 e. The van der Waals surface area contributed by atoms with Crippen LogP contribution in [0.2, 0.25) is 5.02 Å². The second-order valence-electron chi connectivity index (χ2n) is 9.05. The number of aryl methyl sites for hydroxylation is 2. The number of hydrogen-bond donors (Lipinski definition) is 2. The number of halogens is 2. The number of thiazole rings is 1. The Hall–Kier alpha value is -2.19. The summed E-state index contributed by atoms with van der Waals surface area (Å²) in [6.45, 7) is 5.75. The van der Waals surface area contributed by atoms with E-state index in [1.165, 1.54) is 29.5 Å². The standard InChI is InChI=1S/C23H27ClFN3O3S/c1-13-11-22(28-21(30)20-14(2)32-15(3)26-20)6-8-23(13,9-7-22)27-19(29)12-31-16-4-5-17(24)18(25)10-16/h4-5,10,13H,6-9,11-12H2,1-3H3,(H,27,29)(H,28,30)/t13-,22?,23?/m1/s1. The highest BCUT2D eigenvalue weighted by Gasteiger charge is 2.54. The van der Waals surface area contributed by atoms with Gasteiger partial charge in [0.05, 0.1) is 10.0 Å². The Morgan fingerprint density at radius 3 is 2.56 bits per heavy atom. The Bertz CT molecular complexity index is 1050. The number of benzene rings is 1. The Morgan fingerprint density at radius 1 is 1.25 bits per heavy atom. The minimum atomic E-state index is -0.585. The minimum Gasteiger partial charge on any atom is -0.484 e. The van der Waals surface area contributed by atoms with Crippen LogP contribution in [0.5, 0.6) is 5.75 Å². The highest BCUT2D eigenvalue weighted by molar-refractivity contribution is 7.11. The lowest BCUT2D eigenvalue weighted by Crippen LogP contribution is -2.67. The maximum Gasteiger partial charge on any atom is 0.271 e. The summed E-state index contributed by atoms with van der Waals surface area (Å²) in [4.78, 5) is 30.8. The Kier molecular flexibility index (Phi) is 6.20. The van der Waals surface area contributed by atoms with Gasteiger partial charge in [-0.1, -0.05) is 18.5 Å². The van der Waals surface area contributed by atoms with E-state index in [4.69, 9.17) is 16.3 Å². The van der Waals surface area contributed by atoms with E-state index in [9.17, 15) is 14.0 Å². The highest BCUT2D eigenvalue weighted by atomic mass is 35.5. The molecule has 9 heteroatoms. The quantitative estimate of drug-likeness (QED) is 0.636. The molecule has 5 rings (SSSR count). The van der Waals surface area contributed by atoms with Gasteiger partial charge in [0.2, 0.25) is 0 Å². The fourth-order valence-electron chi connectivity index (χ4n) is 5.15. The molecule has 0 unspecified atom stereocenters. The van der Waals surface area contributed by atoms with Gasteiger partial charge in [-0.05, 0) is 64.0 Å². The van der Waals surface area contributed by atoms with E-state index in [1.54, 1.807) is 0 Å². The molecule has 172 valence electrons. The summed E-state index contributed by atoms with van der Waals surface area (Å²) in [5.74, 6) is -0.479. The Labute approximate surface area is 195 Å². The van der Waals surface area contributed by atoms with Crippen LogP contribution >= 0.6 is 22.9 Å². The predicted octanol–water partition coefficient (Wildman–Crippen LogP) is 4.57. The van der Waals surface area contributed by atoms with Crippen LogP contribution in [-0.2, 0) is 4.79 Å². The molecular weight excluding hydrogens is 453 g/mol. The van der Waals surface area contributed by atoms with Crippen LogP contribution in [0.1, 0.15) is 59.4 Å². The van der Waals surface area contributed by atoms with Crippen molar-refractivity contribution >= 4 is 34.8 Å². The number of fused-ring (bicyclic) bond motifs is 3. The number of amides is 2. The van der Waals surface area contributed by atoms with Crippen LogP contribution in [0.15, 0.2) is 18.2 Å². The summed E-state index contributed by atoms with van der Waals surface area (Å²) in [6, 6.07) is 4.10. The Morgan fingerprint density at radius 2 is 1.97 bits per heavy atom. The first-order valence-corrected chi connectivity index (χ1v) is 12.0. The summed E-state index contributed by atoms with van der Waals surface area (Å²) in [6.07, 6.45) is 3.96. The Balaban J connectivity index is 1.35. The van der Waals surface area contributed by atoms with Gasteiger partial charge in [-0.3, -0.25) is 9.59 Å². The van der Waals surface area contributed by atoms with E-state index in [2.05, 4.69) is 22.5 Å². The van der Waals surface area contributed by atoms with Crippen LogP contribution < -0.4 is 15.4 Å². The maximum absolute atomic E-state index is 13.6. The number of ether oxygens (including phenoxy) is 1. The zero-order valence-electron chi connectivity index (χ0n) is 18.4. The lowest BCUT2D eigenvalue weighted by molar-refractivity contribution is -0.128. The third kappa shape index (κ3) is 4.48. The second kappa shape index (κ2) is 8.63. The molecule has 1 atom stereocenters. The van der Waals surface area contributed by atoms with E-state index in [1.807, 2.05) is 13.8 Å². The molecule has 2 N–H and O–H groups in total. The number of carbonyl (C=O) groups is 2. The summed E-state index contributed by atoms with van der Waals surface area (Å²) in [5.41, 5.74) is -0.0590. The normalized spacial score (nSPS) is 26.6. The van der Waals surface area contributed by atoms with E-state index in [0.717, 1.165) is 42.0 Å². The molecular formula is C23H27ClFN3O3S. The zero-order chi connectivity index (χ0) is 23.1. The van der Waals surface area contributed by atoms with Gasteiger partial charge in [0.25, 0.3) is 11.8 Å². The van der Waals surface area contributed by atoms with Gasteiger partial charge < -0.3 is 15.4 Å². The van der Waals surface area contributed by atoms with Crippen molar-refractivity contribution in [2.24, 2.45) is 5.92 Å². The molecule has 1 aromatic carbocycles. The van der Waals surface area contributed by atoms with Crippen molar-refractivity contribution in [3.05, 3.63) is 44.6 Å². The molecule has 2 amide bonds.